The van der Waals surface area contributed by atoms with E-state index in [1.54, 1.807) is 0 Å². The van der Waals surface area contributed by atoms with E-state index in [0.29, 0.717) is 18.1 Å². The van der Waals surface area contributed by atoms with Gasteiger partial charge in [-0.05, 0) is 48.9 Å². The number of fused-ring (bicyclic) bond motifs is 4. The van der Waals surface area contributed by atoms with Crippen LogP contribution < -0.4 is 0 Å². The minimum absolute atomic E-state index is 0.314. The number of ketones is 1. The van der Waals surface area contributed by atoms with Gasteiger partial charge >= 0.3 is 0 Å². The predicted octanol–water partition coefficient (Wildman–Crippen LogP) is 5.57. The lowest BCUT2D eigenvalue weighted by Gasteiger charge is -2.16. The van der Waals surface area contributed by atoms with Crippen molar-refractivity contribution in [3.8, 4) is 0 Å². The first kappa shape index (κ1) is 13.6. The highest BCUT2D eigenvalue weighted by molar-refractivity contribution is 6.10. The molecule has 0 radical (unpaired) electrons. The van der Waals surface area contributed by atoms with Crippen molar-refractivity contribution in [3.63, 3.8) is 0 Å². The molecule has 0 amide bonds. The van der Waals surface area contributed by atoms with Gasteiger partial charge in [-0.25, -0.2) is 0 Å². The van der Waals surface area contributed by atoms with E-state index in [0.717, 1.165) is 29.4 Å². The van der Waals surface area contributed by atoms with E-state index in [-0.39, 0.29) is 0 Å². The summed E-state index contributed by atoms with van der Waals surface area (Å²) in [5.74, 6) is 0.846. The molecule has 1 unspecified atom stereocenters. The molecule has 1 heterocycles. The van der Waals surface area contributed by atoms with Gasteiger partial charge in [-0.1, -0.05) is 31.5 Å². The molecule has 0 bridgehead atoms. The Balaban J connectivity index is 2.00. The Hall–Kier alpha value is -2.09. The summed E-state index contributed by atoms with van der Waals surface area (Å²) in [4.78, 5) is 16.0. The van der Waals surface area contributed by atoms with Gasteiger partial charge in [0.2, 0.25) is 0 Å². The van der Waals surface area contributed by atoms with Crippen molar-refractivity contribution in [2.45, 2.75) is 44.9 Å². The first-order valence-corrected chi connectivity index (χ1v) is 8.35. The summed E-state index contributed by atoms with van der Waals surface area (Å²) in [7, 11) is 0. The highest BCUT2D eigenvalue weighted by Crippen LogP contribution is 2.37. The van der Waals surface area contributed by atoms with Crippen LogP contribution in [-0.2, 0) is 0 Å². The van der Waals surface area contributed by atoms with Crippen LogP contribution in [0.1, 0.15) is 60.9 Å². The van der Waals surface area contributed by atoms with Gasteiger partial charge in [-0.15, -0.1) is 0 Å². The predicted molar refractivity (Wildman–Crippen MR) is 91.6 cm³/mol. The van der Waals surface area contributed by atoms with Crippen LogP contribution in [-0.4, -0.2) is 10.8 Å². The maximum absolute atomic E-state index is 12.5. The Morgan fingerprint density at radius 2 is 2.00 bits per heavy atom. The summed E-state index contributed by atoms with van der Waals surface area (Å²) in [6.45, 7) is 2.23. The number of para-hydroxylation sites is 1. The van der Waals surface area contributed by atoms with Gasteiger partial charge < -0.3 is 4.98 Å². The number of nitrogens with one attached hydrogen (secondary N) is 1. The van der Waals surface area contributed by atoms with Crippen molar-refractivity contribution >= 4 is 27.6 Å². The molecular weight excluding hydrogens is 270 g/mol. The van der Waals surface area contributed by atoms with Gasteiger partial charge in [-0.3, -0.25) is 4.79 Å². The number of benzene rings is 2. The number of aromatic nitrogens is 1. The zero-order chi connectivity index (χ0) is 15.1. The summed E-state index contributed by atoms with van der Waals surface area (Å²) in [5.41, 5.74) is 4.47. The average molecular weight is 291 g/mol. The van der Waals surface area contributed by atoms with Gasteiger partial charge in [0.25, 0.3) is 0 Å². The summed E-state index contributed by atoms with van der Waals surface area (Å²) < 4.78 is 0. The van der Waals surface area contributed by atoms with Gasteiger partial charge in [0.15, 0.2) is 5.78 Å². The lowest BCUT2D eigenvalue weighted by atomic mass is 9.88. The van der Waals surface area contributed by atoms with Crippen LogP contribution in [0.4, 0.5) is 0 Å². The number of H-pyrrole nitrogens is 1. The second kappa shape index (κ2) is 5.28. The molecule has 2 nitrogen and oxygen atoms in total. The maximum Gasteiger partial charge on any atom is 0.163 e. The van der Waals surface area contributed by atoms with Crippen molar-refractivity contribution < 1.29 is 4.79 Å². The zero-order valence-corrected chi connectivity index (χ0v) is 13.0. The Morgan fingerprint density at radius 1 is 1.14 bits per heavy atom. The number of aromatic amines is 1. The van der Waals surface area contributed by atoms with E-state index < -0.39 is 0 Å². The molecule has 22 heavy (non-hydrogen) atoms. The van der Waals surface area contributed by atoms with Crippen molar-refractivity contribution in [2.75, 3.05) is 0 Å². The number of carbonyl (C=O) groups is 1. The molecule has 1 aliphatic rings. The van der Waals surface area contributed by atoms with Crippen molar-refractivity contribution in [1.29, 1.82) is 0 Å². The lowest BCUT2D eigenvalue weighted by Crippen LogP contribution is -2.03. The number of carbonyl (C=O) groups excluding carboxylic acids is 1. The van der Waals surface area contributed by atoms with Gasteiger partial charge in [0, 0.05) is 33.8 Å². The van der Waals surface area contributed by atoms with Crippen LogP contribution in [0.2, 0.25) is 0 Å². The van der Waals surface area contributed by atoms with Crippen molar-refractivity contribution in [1.82, 2.24) is 4.98 Å². The fourth-order valence-electron chi connectivity index (χ4n) is 3.94. The van der Waals surface area contributed by atoms with E-state index >= 15 is 0 Å². The van der Waals surface area contributed by atoms with Gasteiger partial charge in [0.05, 0.1) is 0 Å². The number of Topliss-reactive ketones (excluding diaryl/α,β-unsaturated/α-hetero) is 1. The molecule has 2 heteroatoms. The molecule has 0 saturated carbocycles. The van der Waals surface area contributed by atoms with E-state index in [1.165, 1.54) is 29.2 Å². The summed E-state index contributed by atoms with van der Waals surface area (Å²) in [6, 6.07) is 12.8. The molecule has 3 aromatic rings. The smallest absolute Gasteiger partial charge is 0.163 e. The fraction of sp³-hybridized carbons (Fsp3) is 0.350. The molecule has 0 fully saturated rings. The largest absolute Gasteiger partial charge is 0.354 e. The maximum atomic E-state index is 12.5. The van der Waals surface area contributed by atoms with Crippen LogP contribution in [0.25, 0.3) is 21.8 Å². The van der Waals surface area contributed by atoms with E-state index in [2.05, 4.69) is 42.2 Å². The van der Waals surface area contributed by atoms with Crippen LogP contribution in [0.15, 0.2) is 36.4 Å². The van der Waals surface area contributed by atoms with Gasteiger partial charge in [0.1, 0.15) is 0 Å². The fourth-order valence-corrected chi connectivity index (χ4v) is 3.94. The number of hydrogen-bond acceptors (Lipinski definition) is 1. The summed E-state index contributed by atoms with van der Waals surface area (Å²) >= 11 is 0. The van der Waals surface area contributed by atoms with Crippen LogP contribution in [0, 0.1) is 0 Å². The van der Waals surface area contributed by atoms with Crippen molar-refractivity contribution in [2.24, 2.45) is 0 Å². The van der Waals surface area contributed by atoms with Crippen molar-refractivity contribution in [3.05, 3.63) is 47.5 Å². The zero-order valence-electron chi connectivity index (χ0n) is 13.0. The first-order chi connectivity index (χ1) is 10.8. The van der Waals surface area contributed by atoms with E-state index in [1.807, 2.05) is 6.07 Å². The third-order valence-corrected chi connectivity index (χ3v) is 5.01. The molecular formula is C20H21NO. The highest BCUT2D eigenvalue weighted by Gasteiger charge is 2.24. The Labute approximate surface area is 130 Å². The molecule has 112 valence electrons. The van der Waals surface area contributed by atoms with Crippen LogP contribution in [0.5, 0.6) is 0 Å². The monoisotopic (exact) mass is 291 g/mol. The molecule has 0 saturated heterocycles. The molecule has 1 N–H and O–H groups in total. The molecule has 4 rings (SSSR count). The SMILES string of the molecule is CCCC1CCCC(=O)c2cc3[nH]c4ccccc4c3cc21. The summed E-state index contributed by atoms with van der Waals surface area (Å²) in [6.07, 6.45) is 5.20. The Kier molecular flexibility index (Phi) is 3.25. The minimum Gasteiger partial charge on any atom is -0.354 e. The first-order valence-electron chi connectivity index (χ1n) is 8.35. The molecule has 1 atom stereocenters. The normalized spacial score (nSPS) is 18.6. The van der Waals surface area contributed by atoms with E-state index in [9.17, 15) is 4.79 Å². The standard InChI is InChI=1S/C20H21NO/c1-2-6-13-7-5-10-20(22)17-12-19-16(11-15(13)17)14-8-3-4-9-18(14)21-19/h3-4,8-9,11-13,21H,2,5-7,10H2,1H3. The molecule has 2 aromatic carbocycles. The Morgan fingerprint density at radius 3 is 2.86 bits per heavy atom. The molecule has 1 aliphatic carbocycles. The van der Waals surface area contributed by atoms with Gasteiger partial charge in [-0.2, -0.15) is 0 Å². The average Bonchev–Trinajstić information content (AvgIpc) is 2.82. The topological polar surface area (TPSA) is 32.9 Å². The highest BCUT2D eigenvalue weighted by atomic mass is 16.1. The molecule has 0 spiro atoms. The van der Waals surface area contributed by atoms with E-state index in [4.69, 9.17) is 0 Å². The third-order valence-electron chi connectivity index (χ3n) is 5.01. The lowest BCUT2D eigenvalue weighted by molar-refractivity contribution is 0.0982. The quantitative estimate of drug-likeness (QED) is 0.615. The molecule has 0 aliphatic heterocycles. The Bertz CT molecular complexity index is 859. The molecule has 1 aromatic heterocycles. The second-order valence-electron chi connectivity index (χ2n) is 6.46. The number of hydrogen-bond donors (Lipinski definition) is 1. The third kappa shape index (κ3) is 2.06. The minimum atomic E-state index is 0.314. The van der Waals surface area contributed by atoms with Crippen LogP contribution in [0.3, 0.4) is 0 Å². The van der Waals surface area contributed by atoms with Crippen LogP contribution >= 0.6 is 0 Å². The summed E-state index contributed by atoms with van der Waals surface area (Å²) in [5, 5.41) is 2.51. The second-order valence-corrected chi connectivity index (χ2v) is 6.46. The number of rotatable bonds is 2.